The third-order valence-electron chi connectivity index (χ3n) is 3.97. The van der Waals surface area contributed by atoms with Crippen LogP contribution in [0.1, 0.15) is 24.0 Å². The van der Waals surface area contributed by atoms with E-state index in [2.05, 4.69) is 5.32 Å². The summed E-state index contributed by atoms with van der Waals surface area (Å²) in [5, 5.41) is 2.90. The van der Waals surface area contributed by atoms with Crippen molar-refractivity contribution < 1.29 is 9.53 Å². The summed E-state index contributed by atoms with van der Waals surface area (Å²) in [7, 11) is 0. The smallest absolute Gasteiger partial charge is 0.240 e. The van der Waals surface area contributed by atoms with Crippen molar-refractivity contribution in [3.05, 3.63) is 59.7 Å². The van der Waals surface area contributed by atoms with Gasteiger partial charge in [-0.1, -0.05) is 36.4 Å². The quantitative estimate of drug-likeness (QED) is 0.891. The molecule has 1 saturated carbocycles. The van der Waals surface area contributed by atoms with Gasteiger partial charge in [0.05, 0.1) is 5.54 Å². The van der Waals surface area contributed by atoms with Gasteiger partial charge in [-0.25, -0.2) is 0 Å². The molecule has 2 aromatic rings. The molecule has 0 bridgehead atoms. The van der Waals surface area contributed by atoms with E-state index in [1.807, 2.05) is 55.5 Å². The summed E-state index contributed by atoms with van der Waals surface area (Å²) in [4.78, 5) is 11.9. The Labute approximate surface area is 130 Å². The van der Waals surface area contributed by atoms with Crippen LogP contribution in [-0.4, -0.2) is 11.4 Å². The Bertz CT molecular complexity index is 693. The third-order valence-corrected chi connectivity index (χ3v) is 3.97. The van der Waals surface area contributed by atoms with Gasteiger partial charge in [-0.05, 0) is 37.5 Å². The van der Waals surface area contributed by atoms with E-state index in [0.29, 0.717) is 6.54 Å². The molecule has 0 spiro atoms. The van der Waals surface area contributed by atoms with Crippen molar-refractivity contribution in [2.75, 3.05) is 0 Å². The number of benzene rings is 2. The Hall–Kier alpha value is -2.33. The fraction of sp³-hybridized carbons (Fsp3) is 0.278. The van der Waals surface area contributed by atoms with Crippen molar-refractivity contribution in [1.29, 1.82) is 0 Å². The zero-order valence-electron chi connectivity index (χ0n) is 12.6. The molecule has 0 saturated heterocycles. The average Bonchev–Trinajstić information content (AvgIpc) is 3.27. The number of nitrogens with two attached hydrogens (primary N) is 1. The van der Waals surface area contributed by atoms with Crippen molar-refractivity contribution >= 4 is 5.91 Å². The Morgan fingerprint density at radius 1 is 1.14 bits per heavy atom. The number of rotatable bonds is 5. The molecule has 2 aromatic carbocycles. The maximum atomic E-state index is 11.9. The van der Waals surface area contributed by atoms with E-state index in [-0.39, 0.29) is 5.91 Å². The molecule has 0 aromatic heterocycles. The minimum Gasteiger partial charge on any atom is -0.457 e. The van der Waals surface area contributed by atoms with Crippen LogP contribution in [0.2, 0.25) is 0 Å². The number of carbonyl (C=O) groups is 1. The SMILES string of the molecule is Cc1ccccc1Oc1ccccc1CNC(=O)C1(N)CC1. The van der Waals surface area contributed by atoms with Gasteiger partial charge in [0.25, 0.3) is 0 Å². The third kappa shape index (κ3) is 3.12. The van der Waals surface area contributed by atoms with Gasteiger partial charge in [-0.15, -0.1) is 0 Å². The van der Waals surface area contributed by atoms with E-state index in [0.717, 1.165) is 35.5 Å². The number of nitrogens with one attached hydrogen (secondary N) is 1. The Morgan fingerprint density at radius 2 is 1.77 bits per heavy atom. The van der Waals surface area contributed by atoms with Crippen LogP contribution in [0.3, 0.4) is 0 Å². The predicted molar refractivity (Wildman–Crippen MR) is 85.7 cm³/mol. The van der Waals surface area contributed by atoms with Crippen LogP contribution in [0.4, 0.5) is 0 Å². The highest BCUT2D eigenvalue weighted by Crippen LogP contribution is 2.32. The summed E-state index contributed by atoms with van der Waals surface area (Å²) < 4.78 is 5.99. The van der Waals surface area contributed by atoms with Crippen LogP contribution in [0.5, 0.6) is 11.5 Å². The molecule has 4 heteroatoms. The van der Waals surface area contributed by atoms with E-state index in [4.69, 9.17) is 10.5 Å². The molecule has 0 heterocycles. The van der Waals surface area contributed by atoms with Crippen LogP contribution in [0.15, 0.2) is 48.5 Å². The highest BCUT2D eigenvalue weighted by atomic mass is 16.5. The molecule has 1 amide bonds. The molecule has 0 radical (unpaired) electrons. The van der Waals surface area contributed by atoms with Crippen molar-refractivity contribution in [3.63, 3.8) is 0 Å². The topological polar surface area (TPSA) is 64.3 Å². The largest absolute Gasteiger partial charge is 0.457 e. The second-order valence-corrected chi connectivity index (χ2v) is 5.81. The fourth-order valence-electron chi connectivity index (χ4n) is 2.25. The van der Waals surface area contributed by atoms with Crippen LogP contribution in [0.25, 0.3) is 0 Å². The first-order chi connectivity index (χ1) is 10.6. The van der Waals surface area contributed by atoms with Gasteiger partial charge in [0.15, 0.2) is 0 Å². The predicted octanol–water partition coefficient (Wildman–Crippen LogP) is 2.89. The molecule has 0 aliphatic heterocycles. The summed E-state index contributed by atoms with van der Waals surface area (Å²) in [6.07, 6.45) is 1.53. The van der Waals surface area contributed by atoms with Crippen LogP contribution < -0.4 is 15.8 Å². The first-order valence-electron chi connectivity index (χ1n) is 7.47. The average molecular weight is 296 g/mol. The lowest BCUT2D eigenvalue weighted by atomic mass is 10.1. The normalized spacial score (nSPS) is 15.2. The first-order valence-corrected chi connectivity index (χ1v) is 7.47. The van der Waals surface area contributed by atoms with Crippen molar-refractivity contribution in [1.82, 2.24) is 5.32 Å². The Morgan fingerprint density at radius 3 is 2.45 bits per heavy atom. The molecule has 1 fully saturated rings. The van der Waals surface area contributed by atoms with Gasteiger partial charge in [0.2, 0.25) is 5.91 Å². The molecule has 1 aliphatic carbocycles. The van der Waals surface area contributed by atoms with Gasteiger partial charge in [0, 0.05) is 12.1 Å². The molecule has 0 unspecified atom stereocenters. The molecule has 3 rings (SSSR count). The van der Waals surface area contributed by atoms with Crippen LogP contribution in [-0.2, 0) is 11.3 Å². The van der Waals surface area contributed by atoms with Crippen molar-refractivity contribution in [2.24, 2.45) is 5.73 Å². The Kier molecular flexibility index (Phi) is 3.86. The van der Waals surface area contributed by atoms with Gasteiger partial charge in [0.1, 0.15) is 11.5 Å². The number of carbonyl (C=O) groups excluding carboxylic acids is 1. The molecule has 4 nitrogen and oxygen atoms in total. The van der Waals surface area contributed by atoms with E-state index in [1.54, 1.807) is 0 Å². The molecule has 0 atom stereocenters. The zero-order chi connectivity index (χ0) is 15.6. The summed E-state index contributed by atoms with van der Waals surface area (Å²) >= 11 is 0. The van der Waals surface area contributed by atoms with Crippen molar-refractivity contribution in [3.8, 4) is 11.5 Å². The number of amides is 1. The van der Waals surface area contributed by atoms with E-state index in [1.165, 1.54) is 0 Å². The molecule has 1 aliphatic rings. The van der Waals surface area contributed by atoms with Crippen LogP contribution >= 0.6 is 0 Å². The number of ether oxygens (including phenoxy) is 1. The zero-order valence-corrected chi connectivity index (χ0v) is 12.6. The van der Waals surface area contributed by atoms with E-state index < -0.39 is 5.54 Å². The Balaban J connectivity index is 1.72. The van der Waals surface area contributed by atoms with Gasteiger partial charge < -0.3 is 15.8 Å². The molecular weight excluding hydrogens is 276 g/mol. The van der Waals surface area contributed by atoms with E-state index in [9.17, 15) is 4.79 Å². The van der Waals surface area contributed by atoms with Crippen LogP contribution in [0, 0.1) is 6.92 Å². The lowest BCUT2D eigenvalue weighted by Gasteiger charge is -2.14. The van der Waals surface area contributed by atoms with Gasteiger partial charge in [-0.2, -0.15) is 0 Å². The first kappa shape index (κ1) is 14.6. The molecule has 22 heavy (non-hydrogen) atoms. The fourth-order valence-corrected chi connectivity index (χ4v) is 2.25. The summed E-state index contributed by atoms with van der Waals surface area (Å²) in [5.41, 5.74) is 7.25. The lowest BCUT2D eigenvalue weighted by molar-refractivity contribution is -0.123. The molecular formula is C18H20N2O2. The minimum atomic E-state index is -0.647. The van der Waals surface area contributed by atoms with E-state index >= 15 is 0 Å². The summed E-state index contributed by atoms with van der Waals surface area (Å²) in [6, 6.07) is 15.6. The number of para-hydroxylation sites is 2. The van der Waals surface area contributed by atoms with Crippen molar-refractivity contribution in [2.45, 2.75) is 31.8 Å². The highest BCUT2D eigenvalue weighted by Gasteiger charge is 2.45. The molecule has 3 N–H and O–H groups in total. The highest BCUT2D eigenvalue weighted by molar-refractivity contribution is 5.88. The standard InChI is InChI=1S/C18H20N2O2/c1-13-6-2-4-8-15(13)22-16-9-5-3-7-14(16)12-20-17(21)18(19)10-11-18/h2-9H,10-12,19H2,1H3,(H,20,21). The summed E-state index contributed by atoms with van der Waals surface area (Å²) in [6.45, 7) is 2.42. The maximum Gasteiger partial charge on any atom is 0.240 e. The maximum absolute atomic E-state index is 11.9. The second-order valence-electron chi connectivity index (χ2n) is 5.81. The minimum absolute atomic E-state index is 0.0850. The number of hydrogen-bond donors (Lipinski definition) is 2. The number of aryl methyl sites for hydroxylation is 1. The van der Waals surface area contributed by atoms with Gasteiger partial charge in [-0.3, -0.25) is 4.79 Å². The van der Waals surface area contributed by atoms with Gasteiger partial charge >= 0.3 is 0 Å². The monoisotopic (exact) mass is 296 g/mol. The molecule has 114 valence electrons. The lowest BCUT2D eigenvalue weighted by Crippen LogP contribution is -2.42. The summed E-state index contributed by atoms with van der Waals surface area (Å²) in [5.74, 6) is 1.48. The number of hydrogen-bond acceptors (Lipinski definition) is 3. The second kappa shape index (κ2) is 5.81.